The molecular weight excluding hydrogens is 284 g/mol. The first-order valence-electron chi connectivity index (χ1n) is 7.58. The fraction of sp³-hybridized carbons (Fsp3) is 0.100. The minimum Gasteiger partial charge on any atom is -0.299 e. The Labute approximate surface area is 135 Å². The molecule has 4 N–H and O–H groups in total. The van der Waals surface area contributed by atoms with E-state index < -0.39 is 0 Å². The first kappa shape index (κ1) is 15.0. The maximum absolute atomic E-state index is 12.2. The minimum atomic E-state index is 0.215. The normalized spacial score (nSPS) is 10.6. The summed E-state index contributed by atoms with van der Waals surface area (Å²) in [7, 11) is 0. The van der Waals surface area contributed by atoms with Crippen LogP contribution in [0.4, 0.5) is 0 Å². The summed E-state index contributed by atoms with van der Waals surface area (Å²) in [5.41, 5.74) is 8.52. The molecular formula is C20H19N2O+. The van der Waals surface area contributed by atoms with Gasteiger partial charge in [0.25, 0.3) is 5.84 Å². The molecule has 0 amide bonds. The van der Waals surface area contributed by atoms with E-state index in [9.17, 15) is 4.79 Å². The van der Waals surface area contributed by atoms with E-state index in [-0.39, 0.29) is 5.78 Å². The molecule has 0 fully saturated rings. The first-order valence-corrected chi connectivity index (χ1v) is 7.58. The number of amidine groups is 1. The van der Waals surface area contributed by atoms with Crippen molar-refractivity contribution in [1.29, 1.82) is 0 Å². The van der Waals surface area contributed by atoms with Crippen molar-refractivity contribution in [1.82, 2.24) is 0 Å². The Morgan fingerprint density at radius 1 is 0.826 bits per heavy atom. The molecule has 0 aromatic heterocycles. The molecule has 0 bridgehead atoms. The van der Waals surface area contributed by atoms with Crippen LogP contribution in [-0.4, -0.2) is 11.6 Å². The van der Waals surface area contributed by atoms with Gasteiger partial charge in [-0.15, -0.1) is 0 Å². The van der Waals surface area contributed by atoms with Crippen LogP contribution in [0.2, 0.25) is 0 Å². The lowest BCUT2D eigenvalue weighted by Crippen LogP contribution is -2.46. The van der Waals surface area contributed by atoms with Crippen molar-refractivity contribution in [2.45, 2.75) is 12.8 Å². The first-order chi connectivity index (χ1) is 11.1. The second-order valence-corrected chi connectivity index (χ2v) is 5.73. The quantitative estimate of drug-likeness (QED) is 0.556. The van der Waals surface area contributed by atoms with E-state index in [0.29, 0.717) is 18.7 Å². The third-order valence-electron chi connectivity index (χ3n) is 3.88. The average Bonchev–Trinajstić information content (AvgIpc) is 2.55. The van der Waals surface area contributed by atoms with Gasteiger partial charge < -0.3 is 0 Å². The molecule has 0 aliphatic heterocycles. The highest BCUT2D eigenvalue weighted by Crippen LogP contribution is 2.18. The Balaban J connectivity index is 1.77. The van der Waals surface area contributed by atoms with Crippen LogP contribution in [0.3, 0.4) is 0 Å². The molecule has 3 heteroatoms. The number of carbonyl (C=O) groups is 1. The number of carbonyl (C=O) groups excluding carboxylic acids is 1. The monoisotopic (exact) mass is 303 g/mol. The molecule has 0 saturated carbocycles. The highest BCUT2D eigenvalue weighted by molar-refractivity contribution is 5.97. The molecule has 0 heterocycles. The lowest BCUT2D eigenvalue weighted by molar-refractivity contribution is -0.118. The zero-order valence-corrected chi connectivity index (χ0v) is 12.8. The van der Waals surface area contributed by atoms with Crippen LogP contribution >= 0.6 is 0 Å². The van der Waals surface area contributed by atoms with E-state index in [2.05, 4.69) is 6.07 Å². The van der Waals surface area contributed by atoms with Gasteiger partial charge in [-0.1, -0.05) is 54.6 Å². The van der Waals surface area contributed by atoms with Crippen molar-refractivity contribution in [3.05, 3.63) is 83.4 Å². The van der Waals surface area contributed by atoms with Crippen molar-refractivity contribution in [3.8, 4) is 0 Å². The summed E-state index contributed by atoms with van der Waals surface area (Å²) in [6.45, 7) is 0. The molecule has 0 saturated heterocycles. The van der Waals surface area contributed by atoms with E-state index in [4.69, 9.17) is 11.1 Å². The van der Waals surface area contributed by atoms with Gasteiger partial charge in [0.1, 0.15) is 5.78 Å². The number of fused-ring (bicyclic) bond motifs is 1. The number of ketones is 1. The van der Waals surface area contributed by atoms with E-state index in [1.807, 2.05) is 60.7 Å². The maximum atomic E-state index is 12.2. The molecule has 3 aromatic rings. The Kier molecular flexibility index (Phi) is 4.20. The molecule has 0 radical (unpaired) electrons. The van der Waals surface area contributed by atoms with Gasteiger partial charge in [0, 0.05) is 12.8 Å². The highest BCUT2D eigenvalue weighted by atomic mass is 16.1. The molecule has 0 unspecified atom stereocenters. The molecule has 3 aromatic carbocycles. The van der Waals surface area contributed by atoms with Gasteiger partial charge in [0.05, 0.1) is 5.56 Å². The van der Waals surface area contributed by atoms with Crippen molar-refractivity contribution < 1.29 is 10.2 Å². The summed E-state index contributed by atoms with van der Waals surface area (Å²) in [5.74, 6) is 0.528. The van der Waals surface area contributed by atoms with E-state index in [1.54, 1.807) is 0 Å². The van der Waals surface area contributed by atoms with Gasteiger partial charge in [-0.05, 0) is 34.0 Å². The third kappa shape index (κ3) is 3.64. The molecule has 0 aliphatic rings. The SMILES string of the molecule is NC(=[NH2+])c1ccc2cc(CC(=O)Cc3ccccc3)ccc2c1. The van der Waals surface area contributed by atoms with Gasteiger partial charge in [-0.2, -0.15) is 0 Å². The Morgan fingerprint density at radius 2 is 1.48 bits per heavy atom. The van der Waals surface area contributed by atoms with Crippen LogP contribution in [-0.2, 0) is 17.6 Å². The molecule has 0 aliphatic carbocycles. The number of benzene rings is 3. The summed E-state index contributed by atoms with van der Waals surface area (Å²) in [6, 6.07) is 21.7. The van der Waals surface area contributed by atoms with Crippen LogP contribution in [0.5, 0.6) is 0 Å². The highest BCUT2D eigenvalue weighted by Gasteiger charge is 2.07. The largest absolute Gasteiger partial charge is 0.299 e. The van der Waals surface area contributed by atoms with Gasteiger partial charge in [0.15, 0.2) is 0 Å². The van der Waals surface area contributed by atoms with Gasteiger partial charge >= 0.3 is 0 Å². The maximum Gasteiger partial charge on any atom is 0.270 e. The Bertz CT molecular complexity index is 869. The number of hydrogen-bond donors (Lipinski definition) is 2. The smallest absolute Gasteiger partial charge is 0.270 e. The fourth-order valence-electron chi connectivity index (χ4n) is 2.70. The Morgan fingerprint density at radius 3 is 2.22 bits per heavy atom. The van der Waals surface area contributed by atoms with Crippen LogP contribution in [0, 0.1) is 0 Å². The zero-order valence-electron chi connectivity index (χ0n) is 12.8. The predicted octanol–water partition coefficient (Wildman–Crippen LogP) is 1.66. The molecule has 0 spiro atoms. The molecule has 114 valence electrons. The molecule has 0 atom stereocenters. The number of nitrogens with two attached hydrogens (primary N) is 2. The van der Waals surface area contributed by atoms with Crippen LogP contribution in [0.15, 0.2) is 66.7 Å². The fourth-order valence-corrected chi connectivity index (χ4v) is 2.70. The van der Waals surface area contributed by atoms with E-state index >= 15 is 0 Å². The third-order valence-corrected chi connectivity index (χ3v) is 3.88. The standard InChI is InChI=1S/C20H18N2O/c21-20(22)18-9-8-16-10-15(6-7-17(16)13-18)12-19(23)11-14-4-2-1-3-5-14/h1-10,13H,11-12H2,(H3,21,22)/p+1. The summed E-state index contributed by atoms with van der Waals surface area (Å²) in [4.78, 5) is 12.2. The molecule has 23 heavy (non-hydrogen) atoms. The topological polar surface area (TPSA) is 68.7 Å². The summed E-state index contributed by atoms with van der Waals surface area (Å²) in [5, 5.41) is 7.77. The van der Waals surface area contributed by atoms with Crippen molar-refractivity contribution >= 4 is 22.4 Å². The summed E-state index contributed by atoms with van der Waals surface area (Å²) >= 11 is 0. The number of hydrogen-bond acceptors (Lipinski definition) is 1. The summed E-state index contributed by atoms with van der Waals surface area (Å²) < 4.78 is 0. The zero-order chi connectivity index (χ0) is 16.2. The summed E-state index contributed by atoms with van der Waals surface area (Å²) in [6.07, 6.45) is 0.911. The lowest BCUT2D eigenvalue weighted by atomic mass is 9.99. The van der Waals surface area contributed by atoms with E-state index in [0.717, 1.165) is 27.5 Å². The van der Waals surface area contributed by atoms with Crippen LogP contribution in [0.1, 0.15) is 16.7 Å². The Hall–Kier alpha value is -2.94. The van der Waals surface area contributed by atoms with Crippen molar-refractivity contribution in [2.75, 3.05) is 0 Å². The minimum absolute atomic E-state index is 0.215. The second kappa shape index (κ2) is 6.44. The number of Topliss-reactive ketones (excluding diaryl/α,β-unsaturated/α-hetero) is 1. The average molecular weight is 303 g/mol. The molecule has 3 rings (SSSR count). The van der Waals surface area contributed by atoms with Crippen LogP contribution < -0.4 is 11.1 Å². The van der Waals surface area contributed by atoms with Crippen molar-refractivity contribution in [2.24, 2.45) is 5.73 Å². The second-order valence-electron chi connectivity index (χ2n) is 5.73. The van der Waals surface area contributed by atoms with Crippen LogP contribution in [0.25, 0.3) is 10.8 Å². The van der Waals surface area contributed by atoms with Gasteiger partial charge in [-0.3, -0.25) is 15.9 Å². The van der Waals surface area contributed by atoms with E-state index in [1.165, 1.54) is 0 Å². The van der Waals surface area contributed by atoms with Gasteiger partial charge in [0.2, 0.25) is 0 Å². The molecule has 3 nitrogen and oxygen atoms in total. The lowest BCUT2D eigenvalue weighted by Gasteiger charge is -2.05. The predicted molar refractivity (Wildman–Crippen MR) is 93.0 cm³/mol. The van der Waals surface area contributed by atoms with Gasteiger partial charge in [-0.25, -0.2) is 0 Å². The number of rotatable bonds is 5. The van der Waals surface area contributed by atoms with Crippen molar-refractivity contribution in [3.63, 3.8) is 0 Å².